The van der Waals surface area contributed by atoms with E-state index in [0.29, 0.717) is 6.04 Å². The molecule has 2 atom stereocenters. The van der Waals surface area contributed by atoms with Gasteiger partial charge in [0.1, 0.15) is 0 Å². The summed E-state index contributed by atoms with van der Waals surface area (Å²) in [5.41, 5.74) is 0. The first-order chi connectivity index (χ1) is 4.83. The Balaban J connectivity index is 2.11. The van der Waals surface area contributed by atoms with Gasteiger partial charge in [-0.15, -0.1) is 0 Å². The second-order valence-corrected chi connectivity index (χ2v) is 3.28. The van der Waals surface area contributed by atoms with Crippen molar-refractivity contribution in [3.8, 4) is 0 Å². The fourth-order valence-electron chi connectivity index (χ4n) is 1.53. The van der Waals surface area contributed by atoms with Gasteiger partial charge in [0.2, 0.25) is 0 Å². The van der Waals surface area contributed by atoms with Crippen LogP contribution in [0.4, 0.5) is 0 Å². The zero-order chi connectivity index (χ0) is 7.40. The number of hydrogen-bond donors (Lipinski definition) is 2. The minimum atomic E-state index is 0.685. The summed E-state index contributed by atoms with van der Waals surface area (Å²) in [6.07, 6.45) is 2.69. The van der Waals surface area contributed by atoms with Gasteiger partial charge in [0.15, 0.2) is 0 Å². The van der Waals surface area contributed by atoms with Gasteiger partial charge < -0.3 is 10.6 Å². The Morgan fingerprint density at radius 2 is 2.50 bits per heavy atom. The highest BCUT2D eigenvalue weighted by atomic mass is 14.9. The second kappa shape index (κ2) is 3.94. The van der Waals surface area contributed by atoms with Crippen LogP contribution in [0.25, 0.3) is 0 Å². The molecule has 1 aliphatic heterocycles. The predicted octanol–water partition coefficient (Wildman–Crippen LogP) is 0.594. The Hall–Kier alpha value is -0.0800. The molecule has 0 amide bonds. The molecule has 1 fully saturated rings. The zero-order valence-electron chi connectivity index (χ0n) is 6.98. The van der Waals surface area contributed by atoms with Crippen molar-refractivity contribution in [3.63, 3.8) is 0 Å². The smallest absolute Gasteiger partial charge is 0.00388 e. The Kier molecular flexibility index (Phi) is 3.16. The summed E-state index contributed by atoms with van der Waals surface area (Å²) >= 11 is 0. The highest BCUT2D eigenvalue weighted by Crippen LogP contribution is 2.13. The molecular weight excluding hydrogens is 124 g/mol. The fraction of sp³-hybridized carbons (Fsp3) is 1.00. The molecule has 1 rings (SSSR count). The van der Waals surface area contributed by atoms with Crippen molar-refractivity contribution in [2.45, 2.75) is 25.8 Å². The summed E-state index contributed by atoms with van der Waals surface area (Å²) in [5, 5.41) is 6.64. The average molecular weight is 142 g/mol. The molecular formula is C8H18N2. The molecule has 1 aliphatic rings. The molecule has 1 heterocycles. The van der Waals surface area contributed by atoms with Crippen LogP contribution in [0.3, 0.4) is 0 Å². The number of rotatable bonds is 3. The van der Waals surface area contributed by atoms with Crippen molar-refractivity contribution in [1.29, 1.82) is 0 Å². The van der Waals surface area contributed by atoms with Crippen LogP contribution in [0.15, 0.2) is 0 Å². The lowest BCUT2D eigenvalue weighted by Gasteiger charge is -2.14. The van der Waals surface area contributed by atoms with Gasteiger partial charge in [-0.2, -0.15) is 0 Å². The van der Waals surface area contributed by atoms with E-state index in [4.69, 9.17) is 0 Å². The molecule has 0 bridgehead atoms. The van der Waals surface area contributed by atoms with Crippen molar-refractivity contribution in [1.82, 2.24) is 10.6 Å². The first-order valence-electron chi connectivity index (χ1n) is 4.21. The number of nitrogens with one attached hydrogen (secondary N) is 2. The van der Waals surface area contributed by atoms with Crippen molar-refractivity contribution >= 4 is 0 Å². The highest BCUT2D eigenvalue weighted by Gasteiger charge is 2.15. The van der Waals surface area contributed by atoms with Gasteiger partial charge in [0.05, 0.1) is 0 Å². The van der Waals surface area contributed by atoms with E-state index in [1.54, 1.807) is 0 Å². The van der Waals surface area contributed by atoms with E-state index in [1.807, 2.05) is 7.05 Å². The van der Waals surface area contributed by atoms with E-state index in [0.717, 1.165) is 5.92 Å². The maximum Gasteiger partial charge on any atom is 0.00388 e. The first-order valence-corrected chi connectivity index (χ1v) is 4.21. The van der Waals surface area contributed by atoms with E-state index in [2.05, 4.69) is 17.6 Å². The Morgan fingerprint density at radius 1 is 1.70 bits per heavy atom. The largest absolute Gasteiger partial charge is 0.317 e. The van der Waals surface area contributed by atoms with Gasteiger partial charge in [-0.25, -0.2) is 0 Å². The molecule has 0 aliphatic carbocycles. The standard InChI is InChI=1S/C8H18N2/c1-7(9-2)5-8-3-4-10-6-8/h7-10H,3-6H2,1-2H3. The molecule has 60 valence electrons. The van der Waals surface area contributed by atoms with Crippen molar-refractivity contribution < 1.29 is 0 Å². The molecule has 2 heteroatoms. The van der Waals surface area contributed by atoms with Crippen LogP contribution in [0.2, 0.25) is 0 Å². The maximum atomic E-state index is 3.37. The van der Waals surface area contributed by atoms with Crippen LogP contribution >= 0.6 is 0 Å². The third-order valence-corrected chi connectivity index (χ3v) is 2.34. The molecule has 0 spiro atoms. The molecule has 0 radical (unpaired) electrons. The SMILES string of the molecule is CNC(C)CC1CCNC1. The molecule has 0 aromatic carbocycles. The van der Waals surface area contributed by atoms with E-state index in [1.165, 1.54) is 25.9 Å². The minimum Gasteiger partial charge on any atom is -0.317 e. The van der Waals surface area contributed by atoms with Crippen molar-refractivity contribution in [2.24, 2.45) is 5.92 Å². The van der Waals surface area contributed by atoms with Gasteiger partial charge in [-0.1, -0.05) is 0 Å². The van der Waals surface area contributed by atoms with E-state index < -0.39 is 0 Å². The summed E-state index contributed by atoms with van der Waals surface area (Å²) in [4.78, 5) is 0. The molecule has 2 N–H and O–H groups in total. The van der Waals surface area contributed by atoms with E-state index in [9.17, 15) is 0 Å². The first kappa shape index (κ1) is 8.02. The molecule has 0 aromatic heterocycles. The van der Waals surface area contributed by atoms with Crippen LogP contribution in [0.5, 0.6) is 0 Å². The molecule has 0 aromatic rings. The maximum absolute atomic E-state index is 3.37. The third kappa shape index (κ3) is 2.27. The Bertz CT molecular complexity index is 87.3. The van der Waals surface area contributed by atoms with Crippen LogP contribution in [0, 0.1) is 5.92 Å². The monoisotopic (exact) mass is 142 g/mol. The lowest BCUT2D eigenvalue weighted by molar-refractivity contribution is 0.441. The second-order valence-electron chi connectivity index (χ2n) is 3.28. The van der Waals surface area contributed by atoms with Crippen LogP contribution in [-0.2, 0) is 0 Å². The summed E-state index contributed by atoms with van der Waals surface area (Å²) in [6.45, 7) is 4.70. The minimum absolute atomic E-state index is 0.685. The van der Waals surface area contributed by atoms with Gasteiger partial charge in [0, 0.05) is 6.04 Å². The zero-order valence-corrected chi connectivity index (χ0v) is 6.98. The molecule has 2 nitrogen and oxygen atoms in total. The molecule has 2 unspecified atom stereocenters. The van der Waals surface area contributed by atoms with E-state index in [-0.39, 0.29) is 0 Å². The third-order valence-electron chi connectivity index (χ3n) is 2.34. The summed E-state index contributed by atoms with van der Waals surface area (Å²) in [7, 11) is 2.03. The molecule has 10 heavy (non-hydrogen) atoms. The lowest BCUT2D eigenvalue weighted by atomic mass is 10.0. The normalized spacial score (nSPS) is 28.8. The van der Waals surface area contributed by atoms with Gasteiger partial charge in [-0.05, 0) is 45.8 Å². The highest BCUT2D eigenvalue weighted by molar-refractivity contribution is 4.74. The fourth-order valence-corrected chi connectivity index (χ4v) is 1.53. The summed E-state index contributed by atoms with van der Waals surface area (Å²) < 4.78 is 0. The topological polar surface area (TPSA) is 24.1 Å². The Labute approximate surface area is 63.4 Å². The van der Waals surface area contributed by atoms with Crippen molar-refractivity contribution in [2.75, 3.05) is 20.1 Å². The van der Waals surface area contributed by atoms with Gasteiger partial charge >= 0.3 is 0 Å². The van der Waals surface area contributed by atoms with Crippen LogP contribution in [-0.4, -0.2) is 26.2 Å². The van der Waals surface area contributed by atoms with Gasteiger partial charge in [-0.3, -0.25) is 0 Å². The van der Waals surface area contributed by atoms with Gasteiger partial charge in [0.25, 0.3) is 0 Å². The molecule has 1 saturated heterocycles. The Morgan fingerprint density at radius 3 is 3.00 bits per heavy atom. The molecule has 0 saturated carbocycles. The summed E-state index contributed by atoms with van der Waals surface area (Å²) in [5.74, 6) is 0.919. The van der Waals surface area contributed by atoms with Crippen molar-refractivity contribution in [3.05, 3.63) is 0 Å². The van der Waals surface area contributed by atoms with E-state index >= 15 is 0 Å². The van der Waals surface area contributed by atoms with Crippen LogP contribution in [0.1, 0.15) is 19.8 Å². The summed E-state index contributed by atoms with van der Waals surface area (Å²) in [6, 6.07) is 0.685. The average Bonchev–Trinajstić information content (AvgIpc) is 2.40. The lowest BCUT2D eigenvalue weighted by Crippen LogP contribution is -2.25. The predicted molar refractivity (Wildman–Crippen MR) is 44.1 cm³/mol. The number of hydrogen-bond acceptors (Lipinski definition) is 2. The quantitative estimate of drug-likeness (QED) is 0.603. The van der Waals surface area contributed by atoms with Crippen LogP contribution < -0.4 is 10.6 Å².